The molecule has 1 N–H and O–H groups in total. The summed E-state index contributed by atoms with van der Waals surface area (Å²) in [5.41, 5.74) is 1.21. The summed E-state index contributed by atoms with van der Waals surface area (Å²) in [5.74, 6) is 0.678. The van der Waals surface area contributed by atoms with Gasteiger partial charge in [-0.2, -0.15) is 0 Å². The summed E-state index contributed by atoms with van der Waals surface area (Å²) >= 11 is 1.50. The molecule has 4 fully saturated rings. The van der Waals surface area contributed by atoms with E-state index in [0.717, 1.165) is 10.2 Å². The van der Waals surface area contributed by atoms with Crippen LogP contribution in [0.25, 0.3) is 10.2 Å². The van der Waals surface area contributed by atoms with E-state index in [9.17, 15) is 4.79 Å². The van der Waals surface area contributed by atoms with Crippen LogP contribution in [0, 0.1) is 5.92 Å². The van der Waals surface area contributed by atoms with Crippen molar-refractivity contribution >= 4 is 39.9 Å². The number of thiazole rings is 1. The fraction of sp³-hybridized carbons (Fsp3) is 0.529. The van der Waals surface area contributed by atoms with Gasteiger partial charge in [-0.25, -0.2) is 4.98 Å². The Morgan fingerprint density at radius 1 is 1.26 bits per heavy atom. The van der Waals surface area contributed by atoms with E-state index in [-0.39, 0.29) is 23.9 Å². The predicted octanol–water partition coefficient (Wildman–Crippen LogP) is 3.07. The molecule has 23 heavy (non-hydrogen) atoms. The first-order chi connectivity index (χ1) is 10.8. The summed E-state index contributed by atoms with van der Waals surface area (Å²) in [4.78, 5) is 19.8. The van der Waals surface area contributed by atoms with E-state index < -0.39 is 0 Å². The quantitative estimate of drug-likeness (QED) is 0.906. The van der Waals surface area contributed by atoms with Crippen molar-refractivity contribution in [1.29, 1.82) is 0 Å². The van der Waals surface area contributed by atoms with E-state index in [1.807, 2.05) is 24.3 Å². The lowest BCUT2D eigenvalue weighted by Gasteiger charge is -2.52. The molecule has 0 unspecified atom stereocenters. The zero-order valence-corrected chi connectivity index (χ0v) is 14.5. The molecule has 1 aromatic heterocycles. The monoisotopic (exact) mass is 349 g/mol. The van der Waals surface area contributed by atoms with Gasteiger partial charge < -0.3 is 5.32 Å². The third-order valence-electron chi connectivity index (χ3n) is 5.76. The van der Waals surface area contributed by atoms with Gasteiger partial charge >= 0.3 is 0 Å². The number of para-hydroxylation sites is 1. The number of carbonyl (C=O) groups excluding carboxylic acids is 1. The number of nitrogens with one attached hydrogen (secondary N) is 1. The molecule has 4 heterocycles. The number of piperidine rings is 3. The molecule has 1 aromatic carbocycles. The first-order valence-corrected chi connectivity index (χ1v) is 8.99. The third kappa shape index (κ3) is 2.29. The van der Waals surface area contributed by atoms with Crippen LogP contribution in [0.15, 0.2) is 24.3 Å². The number of halogens is 1. The second-order valence-electron chi connectivity index (χ2n) is 6.87. The van der Waals surface area contributed by atoms with E-state index in [1.165, 1.54) is 50.1 Å². The summed E-state index contributed by atoms with van der Waals surface area (Å²) in [7, 11) is 0. The van der Waals surface area contributed by atoms with Crippen LogP contribution in [0.1, 0.15) is 35.5 Å². The highest BCUT2D eigenvalue weighted by molar-refractivity contribution is 7.20. The maximum absolute atomic E-state index is 12.7. The number of rotatable bonds is 2. The maximum atomic E-state index is 12.7. The van der Waals surface area contributed by atoms with Crippen molar-refractivity contribution in [3.63, 3.8) is 0 Å². The Morgan fingerprint density at radius 2 is 2.00 bits per heavy atom. The molecule has 1 atom stereocenters. The average molecular weight is 350 g/mol. The normalized spacial score (nSPS) is 30.2. The Bertz CT molecular complexity index is 716. The number of carbonyl (C=O) groups is 1. The molecule has 3 aliphatic heterocycles. The minimum absolute atomic E-state index is 0. The van der Waals surface area contributed by atoms with Crippen molar-refractivity contribution in [3.05, 3.63) is 29.3 Å². The minimum Gasteiger partial charge on any atom is -0.345 e. The van der Waals surface area contributed by atoms with Gasteiger partial charge in [-0.1, -0.05) is 12.1 Å². The van der Waals surface area contributed by atoms with Gasteiger partial charge in [0.05, 0.1) is 16.3 Å². The third-order valence-corrected chi connectivity index (χ3v) is 6.79. The number of aromatic nitrogens is 1. The molecule has 2 aromatic rings. The molecule has 1 aliphatic carbocycles. The van der Waals surface area contributed by atoms with Crippen LogP contribution in [0.3, 0.4) is 0 Å². The SMILES string of the molecule is Cl.O=C(N[C@@H]1C2CCN(CC2)C12CC2)c1nc2ccccc2s1. The zero-order valence-electron chi connectivity index (χ0n) is 12.8. The number of amides is 1. The molecule has 0 radical (unpaired) electrons. The number of fused-ring (bicyclic) bond motifs is 3. The lowest BCUT2D eigenvalue weighted by molar-refractivity contribution is -0.00144. The Labute approximate surface area is 145 Å². The van der Waals surface area contributed by atoms with E-state index in [1.54, 1.807) is 0 Å². The molecular formula is C17H20ClN3OS. The van der Waals surface area contributed by atoms with Crippen molar-refractivity contribution in [2.45, 2.75) is 37.3 Å². The van der Waals surface area contributed by atoms with Crippen LogP contribution >= 0.6 is 23.7 Å². The highest BCUT2D eigenvalue weighted by Crippen LogP contribution is 2.53. The highest BCUT2D eigenvalue weighted by atomic mass is 35.5. The van der Waals surface area contributed by atoms with Crippen LogP contribution in [0.5, 0.6) is 0 Å². The summed E-state index contributed by atoms with van der Waals surface area (Å²) < 4.78 is 1.09. The molecule has 122 valence electrons. The van der Waals surface area contributed by atoms with Crippen molar-refractivity contribution in [2.75, 3.05) is 13.1 Å². The van der Waals surface area contributed by atoms with Gasteiger partial charge in [0.25, 0.3) is 5.91 Å². The van der Waals surface area contributed by atoms with Crippen molar-refractivity contribution < 1.29 is 4.79 Å². The lowest BCUT2D eigenvalue weighted by Crippen LogP contribution is -2.65. The molecule has 1 amide bonds. The Kier molecular flexibility index (Phi) is 3.63. The van der Waals surface area contributed by atoms with E-state index in [0.29, 0.717) is 17.0 Å². The summed E-state index contributed by atoms with van der Waals surface area (Å²) in [5, 5.41) is 3.95. The fourth-order valence-electron chi connectivity index (χ4n) is 4.49. The van der Waals surface area contributed by atoms with Crippen LogP contribution in [-0.2, 0) is 0 Å². The number of hydrogen-bond acceptors (Lipinski definition) is 4. The standard InChI is InChI=1S/C17H19N3OS.ClH/c21-15(16-18-12-3-1-2-4-13(12)22-16)19-14-11-5-9-20(10-6-11)17(14)7-8-17;/h1-4,11,14H,5-10H2,(H,19,21);1H/t14-;/m1./s1. The number of benzene rings is 1. The highest BCUT2D eigenvalue weighted by Gasteiger charge is 2.60. The topological polar surface area (TPSA) is 45.2 Å². The fourth-order valence-corrected chi connectivity index (χ4v) is 5.36. The van der Waals surface area contributed by atoms with Crippen molar-refractivity contribution in [1.82, 2.24) is 15.2 Å². The van der Waals surface area contributed by atoms with Gasteiger partial charge in [-0.15, -0.1) is 23.7 Å². The molecular weight excluding hydrogens is 330 g/mol. The Morgan fingerprint density at radius 3 is 2.70 bits per heavy atom. The summed E-state index contributed by atoms with van der Waals surface area (Å²) in [6.07, 6.45) is 4.95. The molecule has 1 spiro atoms. The Balaban J connectivity index is 0.00000135. The van der Waals surface area contributed by atoms with Gasteiger partial charge in [-0.05, 0) is 56.8 Å². The molecule has 6 heteroatoms. The van der Waals surface area contributed by atoms with Gasteiger partial charge in [0.2, 0.25) is 0 Å². The molecule has 2 bridgehead atoms. The lowest BCUT2D eigenvalue weighted by atomic mass is 9.77. The number of hydrogen-bond donors (Lipinski definition) is 1. The zero-order chi connectivity index (χ0) is 14.7. The van der Waals surface area contributed by atoms with Gasteiger partial charge in [0.1, 0.15) is 0 Å². The van der Waals surface area contributed by atoms with Crippen LogP contribution < -0.4 is 5.32 Å². The first-order valence-electron chi connectivity index (χ1n) is 8.18. The molecule has 4 nitrogen and oxygen atoms in total. The molecule has 4 aliphatic rings. The largest absolute Gasteiger partial charge is 0.345 e. The first kappa shape index (κ1) is 15.4. The second kappa shape index (κ2) is 5.43. The van der Waals surface area contributed by atoms with Gasteiger partial charge in [-0.3, -0.25) is 9.69 Å². The van der Waals surface area contributed by atoms with Crippen LogP contribution in [0.2, 0.25) is 0 Å². The van der Waals surface area contributed by atoms with Crippen molar-refractivity contribution in [3.8, 4) is 0 Å². The van der Waals surface area contributed by atoms with E-state index in [2.05, 4.69) is 15.2 Å². The average Bonchev–Trinajstić information content (AvgIpc) is 3.20. The predicted molar refractivity (Wildman–Crippen MR) is 94.4 cm³/mol. The molecule has 1 saturated carbocycles. The smallest absolute Gasteiger partial charge is 0.280 e. The molecule has 3 saturated heterocycles. The Hall–Kier alpha value is -1.17. The molecule has 6 rings (SSSR count). The summed E-state index contributed by atoms with van der Waals surface area (Å²) in [6, 6.07) is 8.29. The maximum Gasteiger partial charge on any atom is 0.280 e. The van der Waals surface area contributed by atoms with E-state index in [4.69, 9.17) is 0 Å². The number of nitrogens with zero attached hydrogens (tertiary/aromatic N) is 2. The van der Waals surface area contributed by atoms with E-state index >= 15 is 0 Å². The van der Waals surface area contributed by atoms with Crippen LogP contribution in [-0.4, -0.2) is 40.5 Å². The minimum atomic E-state index is 0. The van der Waals surface area contributed by atoms with Crippen LogP contribution in [0.4, 0.5) is 0 Å². The van der Waals surface area contributed by atoms with Crippen molar-refractivity contribution in [2.24, 2.45) is 5.92 Å². The van der Waals surface area contributed by atoms with Gasteiger partial charge in [0, 0.05) is 5.54 Å². The second-order valence-corrected chi connectivity index (χ2v) is 7.90. The summed E-state index contributed by atoms with van der Waals surface area (Å²) in [6.45, 7) is 2.44. The van der Waals surface area contributed by atoms with Gasteiger partial charge in [0.15, 0.2) is 5.01 Å².